The molecule has 4 nitrogen and oxygen atoms in total. The number of hydrogen-bond acceptors (Lipinski definition) is 4. The van der Waals surface area contributed by atoms with Crippen molar-refractivity contribution in [3.8, 4) is 0 Å². The maximum atomic E-state index is 12.8. The Labute approximate surface area is 133 Å². The van der Waals surface area contributed by atoms with Crippen molar-refractivity contribution in [1.82, 2.24) is 4.98 Å². The van der Waals surface area contributed by atoms with E-state index in [1.54, 1.807) is 30.5 Å². The highest BCUT2D eigenvalue weighted by atomic mass is 16.3. The average Bonchev–Trinajstić information content (AvgIpc) is 3.15. The summed E-state index contributed by atoms with van der Waals surface area (Å²) in [5.74, 6) is -0.604. The third-order valence-corrected chi connectivity index (χ3v) is 3.65. The van der Waals surface area contributed by atoms with E-state index >= 15 is 0 Å². The zero-order valence-corrected chi connectivity index (χ0v) is 12.4. The number of carbonyl (C=O) groups excluding carboxylic acids is 2. The molecule has 0 amide bonds. The lowest BCUT2D eigenvalue weighted by Gasteiger charge is -2.15. The van der Waals surface area contributed by atoms with Gasteiger partial charge < -0.3 is 4.42 Å². The summed E-state index contributed by atoms with van der Waals surface area (Å²) in [4.78, 5) is 29.2. The zero-order valence-electron chi connectivity index (χ0n) is 12.4. The molecule has 1 aromatic carbocycles. The molecule has 2 aromatic heterocycles. The Kier molecular flexibility index (Phi) is 4.43. The quantitative estimate of drug-likeness (QED) is 0.648. The van der Waals surface area contributed by atoms with Crippen LogP contribution >= 0.6 is 0 Å². The molecule has 2 heterocycles. The Morgan fingerprint density at radius 3 is 2.48 bits per heavy atom. The largest absolute Gasteiger partial charge is 0.461 e. The number of carbonyl (C=O) groups is 2. The highest BCUT2D eigenvalue weighted by molar-refractivity contribution is 6.05. The molecule has 114 valence electrons. The summed E-state index contributed by atoms with van der Waals surface area (Å²) in [7, 11) is 0. The number of rotatable bonds is 6. The lowest BCUT2D eigenvalue weighted by molar-refractivity contribution is 0.0879. The van der Waals surface area contributed by atoms with E-state index in [0.717, 1.165) is 5.56 Å². The van der Waals surface area contributed by atoms with Crippen LogP contribution in [0.3, 0.4) is 0 Å². The van der Waals surface area contributed by atoms with Crippen molar-refractivity contribution in [3.63, 3.8) is 0 Å². The van der Waals surface area contributed by atoms with Gasteiger partial charge in [-0.25, -0.2) is 0 Å². The van der Waals surface area contributed by atoms with Crippen molar-refractivity contribution >= 4 is 11.6 Å². The average molecular weight is 305 g/mol. The van der Waals surface area contributed by atoms with Gasteiger partial charge in [0.2, 0.25) is 0 Å². The van der Waals surface area contributed by atoms with Gasteiger partial charge in [-0.3, -0.25) is 14.6 Å². The Bertz CT molecular complexity index is 780. The van der Waals surface area contributed by atoms with Crippen LogP contribution < -0.4 is 0 Å². The minimum absolute atomic E-state index is 0.0608. The summed E-state index contributed by atoms with van der Waals surface area (Å²) in [6, 6.07) is 16.0. The third kappa shape index (κ3) is 3.43. The van der Waals surface area contributed by atoms with Crippen molar-refractivity contribution in [2.45, 2.75) is 12.3 Å². The molecular weight excluding hydrogens is 290 g/mol. The van der Waals surface area contributed by atoms with E-state index in [1.807, 2.05) is 30.3 Å². The number of Topliss-reactive ketones (excluding diaryl/α,β-unsaturated/α-hetero) is 2. The van der Waals surface area contributed by atoms with E-state index in [0.29, 0.717) is 5.56 Å². The molecule has 0 N–H and O–H groups in total. The van der Waals surface area contributed by atoms with Crippen LogP contribution in [0.15, 0.2) is 77.7 Å². The van der Waals surface area contributed by atoms with Crippen LogP contribution in [0, 0.1) is 0 Å². The van der Waals surface area contributed by atoms with Crippen molar-refractivity contribution < 1.29 is 14.0 Å². The standard InChI is InChI=1S/C19H15NO3/c21-17(18-9-5-11-23-18)12-16(14-6-2-1-3-7-14)19(22)15-8-4-10-20-13-15/h1-11,13,16H,12H2. The number of aromatic nitrogens is 1. The molecule has 0 spiro atoms. The topological polar surface area (TPSA) is 60.2 Å². The number of benzene rings is 1. The van der Waals surface area contributed by atoms with Gasteiger partial charge in [0.25, 0.3) is 0 Å². The Balaban J connectivity index is 1.91. The predicted molar refractivity (Wildman–Crippen MR) is 85.4 cm³/mol. The van der Waals surface area contributed by atoms with E-state index in [2.05, 4.69) is 4.98 Å². The molecule has 1 atom stereocenters. The summed E-state index contributed by atoms with van der Waals surface area (Å²) in [6.07, 6.45) is 4.65. The first-order chi connectivity index (χ1) is 11.3. The van der Waals surface area contributed by atoms with Crippen LogP contribution in [0.2, 0.25) is 0 Å². The van der Waals surface area contributed by atoms with Crippen LogP contribution in [0.4, 0.5) is 0 Å². The molecule has 0 fully saturated rings. The molecular formula is C19H15NO3. The maximum absolute atomic E-state index is 12.8. The molecule has 23 heavy (non-hydrogen) atoms. The van der Waals surface area contributed by atoms with Crippen molar-refractivity contribution in [1.29, 1.82) is 0 Å². The van der Waals surface area contributed by atoms with E-state index in [9.17, 15) is 9.59 Å². The first-order valence-corrected chi connectivity index (χ1v) is 7.31. The molecule has 0 bridgehead atoms. The molecule has 0 aliphatic heterocycles. The maximum Gasteiger partial charge on any atom is 0.199 e. The molecule has 0 saturated carbocycles. The lowest BCUT2D eigenvalue weighted by atomic mass is 9.87. The van der Waals surface area contributed by atoms with Gasteiger partial charge in [0.05, 0.1) is 12.2 Å². The predicted octanol–water partition coefficient (Wildman–Crippen LogP) is 3.91. The van der Waals surface area contributed by atoms with E-state index < -0.39 is 5.92 Å². The van der Waals surface area contributed by atoms with Gasteiger partial charge in [0, 0.05) is 24.4 Å². The van der Waals surface area contributed by atoms with Gasteiger partial charge in [-0.2, -0.15) is 0 Å². The Morgan fingerprint density at radius 2 is 1.83 bits per heavy atom. The van der Waals surface area contributed by atoms with E-state index in [1.165, 1.54) is 12.5 Å². The van der Waals surface area contributed by atoms with Crippen molar-refractivity contribution in [3.05, 3.63) is 90.1 Å². The molecule has 0 aliphatic carbocycles. The second-order valence-electron chi connectivity index (χ2n) is 5.17. The van der Waals surface area contributed by atoms with Crippen molar-refractivity contribution in [2.75, 3.05) is 0 Å². The van der Waals surface area contributed by atoms with Crippen LogP contribution in [0.5, 0.6) is 0 Å². The van der Waals surface area contributed by atoms with Gasteiger partial charge in [-0.05, 0) is 29.8 Å². The lowest BCUT2D eigenvalue weighted by Crippen LogP contribution is -2.17. The fourth-order valence-electron chi connectivity index (χ4n) is 2.48. The molecule has 4 heteroatoms. The van der Waals surface area contributed by atoms with Crippen LogP contribution in [-0.2, 0) is 0 Å². The minimum atomic E-state index is -0.557. The summed E-state index contributed by atoms with van der Waals surface area (Å²) >= 11 is 0. The Hall–Kier alpha value is -3.01. The van der Waals surface area contributed by atoms with Crippen LogP contribution in [0.25, 0.3) is 0 Å². The highest BCUT2D eigenvalue weighted by Crippen LogP contribution is 2.26. The van der Waals surface area contributed by atoms with Gasteiger partial charge in [-0.15, -0.1) is 0 Å². The summed E-state index contributed by atoms with van der Waals surface area (Å²) in [5, 5.41) is 0. The van der Waals surface area contributed by atoms with Gasteiger partial charge in [-0.1, -0.05) is 30.3 Å². The molecule has 1 unspecified atom stereocenters. The first-order valence-electron chi connectivity index (χ1n) is 7.31. The van der Waals surface area contributed by atoms with E-state index in [-0.39, 0.29) is 23.7 Å². The SMILES string of the molecule is O=C(CC(C(=O)c1cccnc1)c1ccccc1)c1ccco1. The molecule has 0 radical (unpaired) electrons. The second kappa shape index (κ2) is 6.83. The summed E-state index contributed by atoms with van der Waals surface area (Å²) < 4.78 is 5.14. The smallest absolute Gasteiger partial charge is 0.199 e. The fraction of sp³-hybridized carbons (Fsp3) is 0.105. The number of hydrogen-bond donors (Lipinski definition) is 0. The van der Waals surface area contributed by atoms with Crippen molar-refractivity contribution in [2.24, 2.45) is 0 Å². The third-order valence-electron chi connectivity index (χ3n) is 3.65. The fourth-order valence-corrected chi connectivity index (χ4v) is 2.48. The summed E-state index contributed by atoms with van der Waals surface area (Å²) in [6.45, 7) is 0. The van der Waals surface area contributed by atoms with Gasteiger partial charge >= 0.3 is 0 Å². The number of ketones is 2. The number of furan rings is 1. The van der Waals surface area contributed by atoms with Crippen LogP contribution in [0.1, 0.15) is 38.8 Å². The van der Waals surface area contributed by atoms with Crippen LogP contribution in [-0.4, -0.2) is 16.6 Å². The Morgan fingerprint density at radius 1 is 1.00 bits per heavy atom. The number of pyridine rings is 1. The normalized spacial score (nSPS) is 11.8. The molecule has 0 saturated heterocycles. The second-order valence-corrected chi connectivity index (χ2v) is 5.17. The van der Waals surface area contributed by atoms with Gasteiger partial charge in [0.15, 0.2) is 17.3 Å². The molecule has 0 aliphatic rings. The van der Waals surface area contributed by atoms with Gasteiger partial charge in [0.1, 0.15) is 0 Å². The zero-order chi connectivity index (χ0) is 16.1. The number of nitrogens with zero attached hydrogens (tertiary/aromatic N) is 1. The molecule has 3 aromatic rings. The molecule has 3 rings (SSSR count). The summed E-state index contributed by atoms with van der Waals surface area (Å²) in [5.41, 5.74) is 1.30. The minimum Gasteiger partial charge on any atom is -0.461 e. The first kappa shape index (κ1) is 14.9. The highest BCUT2D eigenvalue weighted by Gasteiger charge is 2.26. The van der Waals surface area contributed by atoms with E-state index in [4.69, 9.17) is 4.42 Å². The monoisotopic (exact) mass is 305 g/mol.